The number of benzene rings is 1. The van der Waals surface area contributed by atoms with Crippen molar-refractivity contribution < 1.29 is 8.42 Å². The van der Waals surface area contributed by atoms with Crippen molar-refractivity contribution in [2.75, 3.05) is 13.3 Å². The lowest BCUT2D eigenvalue weighted by molar-refractivity contribution is 0.602. The maximum absolute atomic E-state index is 11.3. The largest absolute Gasteiger partial charge is 0.364 e. The highest BCUT2D eigenvalue weighted by Gasteiger charge is 2.06. The predicted octanol–water partition coefficient (Wildman–Crippen LogP) is 0.908. The Bertz CT molecular complexity index is 562. The van der Waals surface area contributed by atoms with Crippen molar-refractivity contribution >= 4 is 32.9 Å². The third-order valence-electron chi connectivity index (χ3n) is 2.25. The Morgan fingerprint density at radius 2 is 1.83 bits per heavy atom. The molecule has 0 heterocycles. The maximum Gasteiger partial charge on any atom is 0.186 e. The van der Waals surface area contributed by atoms with Crippen molar-refractivity contribution in [3.8, 4) is 0 Å². The van der Waals surface area contributed by atoms with Gasteiger partial charge in [-0.25, -0.2) is 8.42 Å². The molecule has 0 atom stereocenters. The Morgan fingerprint density at radius 1 is 1.28 bits per heavy atom. The lowest BCUT2D eigenvalue weighted by Crippen LogP contribution is -2.29. The van der Waals surface area contributed by atoms with Crippen molar-refractivity contribution in [2.45, 2.75) is 11.8 Å². The van der Waals surface area contributed by atoms with Crippen LogP contribution in [0.25, 0.3) is 0 Å². The van der Waals surface area contributed by atoms with Crippen molar-refractivity contribution in [2.24, 2.45) is 5.10 Å². The molecule has 0 bridgehead atoms. The fourth-order valence-electron chi connectivity index (χ4n) is 1.20. The highest BCUT2D eigenvalue weighted by atomic mass is 32.2. The summed E-state index contributed by atoms with van der Waals surface area (Å²) in [4.78, 5) is 0.290. The Morgan fingerprint density at radius 3 is 2.28 bits per heavy atom. The van der Waals surface area contributed by atoms with Crippen LogP contribution in [0.3, 0.4) is 0 Å². The van der Waals surface area contributed by atoms with E-state index in [0.29, 0.717) is 10.8 Å². The number of hydrogen-bond donors (Lipinski definition) is 2. The number of nitrogens with zero attached hydrogens (tertiary/aromatic N) is 1. The van der Waals surface area contributed by atoms with Crippen LogP contribution in [0.4, 0.5) is 0 Å². The first-order valence-electron chi connectivity index (χ1n) is 5.17. The first kappa shape index (κ1) is 14.6. The fraction of sp³-hybridized carbons (Fsp3) is 0.273. The third-order valence-corrected chi connectivity index (χ3v) is 3.68. The molecule has 1 aromatic carbocycles. The SMILES string of the molecule is CNC(=S)N/N=C(/C)c1ccc(S(C)(=O)=O)cc1. The van der Waals surface area contributed by atoms with Gasteiger partial charge in [-0.3, -0.25) is 5.43 Å². The summed E-state index contributed by atoms with van der Waals surface area (Å²) < 4.78 is 22.6. The Hall–Kier alpha value is -1.47. The molecule has 0 spiro atoms. The molecule has 18 heavy (non-hydrogen) atoms. The van der Waals surface area contributed by atoms with Gasteiger partial charge in [0.15, 0.2) is 14.9 Å². The van der Waals surface area contributed by atoms with Crippen LogP contribution in [-0.4, -0.2) is 32.5 Å². The van der Waals surface area contributed by atoms with Crippen molar-refractivity contribution in [1.82, 2.24) is 10.7 Å². The van der Waals surface area contributed by atoms with E-state index in [4.69, 9.17) is 12.2 Å². The molecule has 0 amide bonds. The first-order valence-corrected chi connectivity index (χ1v) is 7.47. The van der Waals surface area contributed by atoms with Crippen LogP contribution in [-0.2, 0) is 9.84 Å². The van der Waals surface area contributed by atoms with E-state index in [1.807, 2.05) is 0 Å². The molecular formula is C11H15N3O2S2. The summed E-state index contributed by atoms with van der Waals surface area (Å²) in [5, 5.41) is 7.22. The van der Waals surface area contributed by atoms with Crippen LogP contribution >= 0.6 is 12.2 Å². The molecular weight excluding hydrogens is 270 g/mol. The molecule has 0 unspecified atom stereocenters. The van der Waals surface area contributed by atoms with E-state index in [-0.39, 0.29) is 4.90 Å². The second-order valence-electron chi connectivity index (χ2n) is 3.68. The maximum atomic E-state index is 11.3. The quantitative estimate of drug-likeness (QED) is 0.491. The first-order chi connectivity index (χ1) is 8.34. The predicted molar refractivity (Wildman–Crippen MR) is 76.6 cm³/mol. The number of thiocarbonyl (C=S) groups is 1. The molecule has 2 N–H and O–H groups in total. The minimum Gasteiger partial charge on any atom is -0.364 e. The van der Waals surface area contributed by atoms with Crippen LogP contribution in [0.5, 0.6) is 0 Å². The van der Waals surface area contributed by atoms with Crippen molar-refractivity contribution in [3.05, 3.63) is 29.8 Å². The van der Waals surface area contributed by atoms with Gasteiger partial charge in [0, 0.05) is 13.3 Å². The van der Waals surface area contributed by atoms with Gasteiger partial charge in [-0.15, -0.1) is 0 Å². The zero-order valence-corrected chi connectivity index (χ0v) is 12.0. The van der Waals surface area contributed by atoms with Gasteiger partial charge >= 0.3 is 0 Å². The highest BCUT2D eigenvalue weighted by molar-refractivity contribution is 7.90. The molecule has 0 saturated heterocycles. The van der Waals surface area contributed by atoms with Gasteiger partial charge in [-0.2, -0.15) is 5.10 Å². The lowest BCUT2D eigenvalue weighted by atomic mass is 10.1. The molecule has 0 aromatic heterocycles. The monoisotopic (exact) mass is 285 g/mol. The van der Waals surface area contributed by atoms with Gasteiger partial charge in [0.1, 0.15) is 0 Å². The van der Waals surface area contributed by atoms with E-state index in [2.05, 4.69) is 15.8 Å². The van der Waals surface area contributed by atoms with Gasteiger partial charge in [-0.1, -0.05) is 12.1 Å². The van der Waals surface area contributed by atoms with E-state index in [9.17, 15) is 8.42 Å². The third kappa shape index (κ3) is 4.08. The average molecular weight is 285 g/mol. The van der Waals surface area contributed by atoms with Crippen LogP contribution in [0, 0.1) is 0 Å². The standard InChI is InChI=1S/C11H15N3O2S2/c1-8(13-14-11(17)12-2)9-4-6-10(7-5-9)18(3,15)16/h4-7H,1-3H3,(H2,12,14,17)/b13-8-. The summed E-state index contributed by atoms with van der Waals surface area (Å²) in [6.45, 7) is 1.81. The molecule has 0 saturated carbocycles. The summed E-state index contributed by atoms with van der Waals surface area (Å²) in [5.41, 5.74) is 4.21. The topological polar surface area (TPSA) is 70.6 Å². The number of hydrogen-bond acceptors (Lipinski definition) is 4. The summed E-state index contributed by atoms with van der Waals surface area (Å²) in [6.07, 6.45) is 1.18. The summed E-state index contributed by atoms with van der Waals surface area (Å²) in [6, 6.07) is 6.53. The minimum absolute atomic E-state index is 0.290. The smallest absolute Gasteiger partial charge is 0.186 e. The van der Waals surface area contributed by atoms with E-state index < -0.39 is 9.84 Å². The van der Waals surface area contributed by atoms with Gasteiger partial charge < -0.3 is 5.32 Å². The fourth-order valence-corrected chi connectivity index (χ4v) is 1.87. The van der Waals surface area contributed by atoms with Crippen molar-refractivity contribution in [1.29, 1.82) is 0 Å². The molecule has 5 nitrogen and oxygen atoms in total. The molecule has 1 rings (SSSR count). The molecule has 0 aliphatic rings. The van der Waals surface area contributed by atoms with Crippen LogP contribution < -0.4 is 10.7 Å². The minimum atomic E-state index is -3.16. The van der Waals surface area contributed by atoms with Crippen LogP contribution in [0.2, 0.25) is 0 Å². The van der Waals surface area contributed by atoms with E-state index in [0.717, 1.165) is 5.56 Å². The Balaban J connectivity index is 2.89. The van der Waals surface area contributed by atoms with Gasteiger partial charge in [0.05, 0.1) is 10.6 Å². The Kier molecular flexibility index (Phi) is 4.80. The molecule has 0 fully saturated rings. The van der Waals surface area contributed by atoms with E-state index in [1.54, 1.807) is 38.2 Å². The summed E-state index contributed by atoms with van der Waals surface area (Å²) in [7, 11) is -1.47. The number of nitrogens with one attached hydrogen (secondary N) is 2. The second kappa shape index (κ2) is 5.92. The van der Waals surface area contributed by atoms with Crippen molar-refractivity contribution in [3.63, 3.8) is 0 Å². The summed E-state index contributed by atoms with van der Waals surface area (Å²) >= 11 is 4.88. The van der Waals surface area contributed by atoms with Gasteiger partial charge in [0.2, 0.25) is 0 Å². The average Bonchev–Trinajstić information content (AvgIpc) is 2.34. The second-order valence-corrected chi connectivity index (χ2v) is 6.11. The highest BCUT2D eigenvalue weighted by Crippen LogP contribution is 2.10. The zero-order valence-electron chi connectivity index (χ0n) is 10.4. The van der Waals surface area contributed by atoms with Crippen LogP contribution in [0.15, 0.2) is 34.3 Å². The molecule has 1 aromatic rings. The van der Waals surface area contributed by atoms with E-state index in [1.165, 1.54) is 6.26 Å². The lowest BCUT2D eigenvalue weighted by Gasteiger charge is -2.05. The number of rotatable bonds is 3. The molecule has 0 aliphatic heterocycles. The zero-order chi connectivity index (χ0) is 13.8. The Labute approximate surface area is 112 Å². The normalized spacial score (nSPS) is 12.1. The molecule has 7 heteroatoms. The molecule has 0 radical (unpaired) electrons. The molecule has 0 aliphatic carbocycles. The number of hydrazone groups is 1. The number of sulfone groups is 1. The van der Waals surface area contributed by atoms with E-state index >= 15 is 0 Å². The molecule has 98 valence electrons. The van der Waals surface area contributed by atoms with Gasteiger partial charge in [0.25, 0.3) is 0 Å². The van der Waals surface area contributed by atoms with Gasteiger partial charge in [-0.05, 0) is 36.8 Å². The van der Waals surface area contributed by atoms with Crippen LogP contribution in [0.1, 0.15) is 12.5 Å². The summed E-state index contributed by atoms with van der Waals surface area (Å²) in [5.74, 6) is 0.